The molecule has 1 aliphatic rings. The minimum atomic E-state index is -0.710. The fraction of sp³-hybridized carbons (Fsp3) is 0.500. The summed E-state index contributed by atoms with van der Waals surface area (Å²) in [6.07, 6.45) is 2.49. The van der Waals surface area contributed by atoms with Gasteiger partial charge in [-0.3, -0.25) is 9.59 Å². The second kappa shape index (κ2) is 5.76. The van der Waals surface area contributed by atoms with E-state index in [0.717, 1.165) is 18.4 Å². The molecule has 1 heterocycles. The third-order valence-electron chi connectivity index (χ3n) is 4.26. The Morgan fingerprint density at radius 3 is 2.38 bits per heavy atom. The maximum Gasteiger partial charge on any atom is 0.240 e. The molecule has 2 rings (SSSR count). The van der Waals surface area contributed by atoms with Crippen molar-refractivity contribution in [2.24, 2.45) is 5.73 Å². The lowest BCUT2D eigenvalue weighted by Gasteiger charge is -2.39. The fourth-order valence-electron chi connectivity index (χ4n) is 2.85. The Bertz CT molecular complexity index is 537. The minimum absolute atomic E-state index is 0.0595. The third kappa shape index (κ3) is 3.01. The van der Waals surface area contributed by atoms with Crippen LogP contribution in [0.5, 0.6) is 0 Å². The Morgan fingerprint density at radius 2 is 1.81 bits per heavy atom. The number of rotatable bonds is 3. The van der Waals surface area contributed by atoms with Crippen molar-refractivity contribution in [3.63, 3.8) is 0 Å². The lowest BCUT2D eigenvalue weighted by Crippen LogP contribution is -2.55. The summed E-state index contributed by atoms with van der Waals surface area (Å²) in [5.74, 6) is -0.480. The maximum atomic E-state index is 12.9. The highest BCUT2D eigenvalue weighted by Crippen LogP contribution is 2.29. The molecule has 2 amide bonds. The van der Waals surface area contributed by atoms with E-state index in [4.69, 9.17) is 11.5 Å². The van der Waals surface area contributed by atoms with Crippen LogP contribution < -0.4 is 11.5 Å². The number of primary amides is 1. The van der Waals surface area contributed by atoms with Gasteiger partial charge in [0.15, 0.2) is 0 Å². The van der Waals surface area contributed by atoms with Gasteiger partial charge in [0, 0.05) is 12.2 Å². The van der Waals surface area contributed by atoms with Crippen molar-refractivity contribution in [3.8, 4) is 0 Å². The van der Waals surface area contributed by atoms with Crippen molar-refractivity contribution >= 4 is 17.5 Å². The second-order valence-corrected chi connectivity index (χ2v) is 6.16. The summed E-state index contributed by atoms with van der Waals surface area (Å²) >= 11 is 0. The molecule has 1 aromatic rings. The Balaban J connectivity index is 2.27. The first-order valence-electron chi connectivity index (χ1n) is 7.30. The maximum absolute atomic E-state index is 12.9. The first-order chi connectivity index (χ1) is 9.84. The lowest BCUT2D eigenvalue weighted by atomic mass is 9.82. The molecule has 0 aromatic heterocycles. The van der Waals surface area contributed by atoms with Crippen LogP contribution in [0.15, 0.2) is 24.3 Å². The molecule has 21 heavy (non-hydrogen) atoms. The Labute approximate surface area is 125 Å². The van der Waals surface area contributed by atoms with E-state index in [1.165, 1.54) is 0 Å². The average molecular weight is 289 g/mol. The molecule has 0 spiro atoms. The van der Waals surface area contributed by atoms with E-state index in [2.05, 4.69) is 0 Å². The summed E-state index contributed by atoms with van der Waals surface area (Å²) in [5.41, 5.74) is 12.0. The van der Waals surface area contributed by atoms with Gasteiger partial charge in [-0.05, 0) is 50.8 Å². The smallest absolute Gasteiger partial charge is 0.240 e. The standard InChI is InChI=1S/C16H23N3O2/c1-16(2,11-6-8-12(17)9-7-11)15(21)19-10-4-3-5-13(19)14(18)20/h6-9,13H,3-5,10,17H2,1-2H3,(H2,18,20). The molecule has 114 valence electrons. The number of carbonyl (C=O) groups excluding carboxylic acids is 2. The average Bonchev–Trinajstić information content (AvgIpc) is 2.46. The largest absolute Gasteiger partial charge is 0.399 e. The van der Waals surface area contributed by atoms with Crippen molar-refractivity contribution in [2.75, 3.05) is 12.3 Å². The molecule has 4 N–H and O–H groups in total. The number of piperidine rings is 1. The summed E-state index contributed by atoms with van der Waals surface area (Å²) in [7, 11) is 0. The fourth-order valence-corrected chi connectivity index (χ4v) is 2.85. The van der Waals surface area contributed by atoms with Crippen LogP contribution in [0.3, 0.4) is 0 Å². The molecule has 1 saturated heterocycles. The van der Waals surface area contributed by atoms with Gasteiger partial charge >= 0.3 is 0 Å². The summed E-state index contributed by atoms with van der Waals surface area (Å²) in [4.78, 5) is 26.1. The number of likely N-dealkylation sites (tertiary alicyclic amines) is 1. The van der Waals surface area contributed by atoms with E-state index in [1.54, 1.807) is 17.0 Å². The van der Waals surface area contributed by atoms with Crippen molar-refractivity contribution < 1.29 is 9.59 Å². The molecule has 5 heteroatoms. The van der Waals surface area contributed by atoms with Crippen molar-refractivity contribution in [3.05, 3.63) is 29.8 Å². The van der Waals surface area contributed by atoms with Gasteiger partial charge in [0.05, 0.1) is 5.41 Å². The van der Waals surface area contributed by atoms with E-state index in [-0.39, 0.29) is 5.91 Å². The first kappa shape index (κ1) is 15.4. The van der Waals surface area contributed by atoms with E-state index >= 15 is 0 Å². The second-order valence-electron chi connectivity index (χ2n) is 6.16. The quantitative estimate of drug-likeness (QED) is 0.824. The van der Waals surface area contributed by atoms with Crippen LogP contribution in [0, 0.1) is 0 Å². The molecular formula is C16H23N3O2. The molecule has 0 radical (unpaired) electrons. The predicted octanol–water partition coefficient (Wildman–Crippen LogP) is 1.41. The highest BCUT2D eigenvalue weighted by atomic mass is 16.2. The third-order valence-corrected chi connectivity index (χ3v) is 4.26. The number of nitrogen functional groups attached to an aromatic ring is 1. The van der Waals surface area contributed by atoms with Gasteiger partial charge in [-0.2, -0.15) is 0 Å². The molecule has 0 saturated carbocycles. The summed E-state index contributed by atoms with van der Waals surface area (Å²) < 4.78 is 0. The van der Waals surface area contributed by atoms with Gasteiger partial charge < -0.3 is 16.4 Å². The monoisotopic (exact) mass is 289 g/mol. The summed E-state index contributed by atoms with van der Waals surface area (Å²) in [5, 5.41) is 0. The number of anilines is 1. The number of carbonyl (C=O) groups is 2. The summed E-state index contributed by atoms with van der Waals surface area (Å²) in [6, 6.07) is 6.80. The van der Waals surface area contributed by atoms with Crippen molar-refractivity contribution in [1.29, 1.82) is 0 Å². The normalized spacial score (nSPS) is 19.3. The van der Waals surface area contributed by atoms with E-state index < -0.39 is 17.4 Å². The molecule has 0 aliphatic carbocycles. The topological polar surface area (TPSA) is 89.4 Å². The molecule has 1 atom stereocenters. The predicted molar refractivity (Wildman–Crippen MR) is 82.4 cm³/mol. The zero-order valence-corrected chi connectivity index (χ0v) is 12.6. The van der Waals surface area contributed by atoms with Crippen molar-refractivity contribution in [1.82, 2.24) is 4.90 Å². The number of hydrogen-bond donors (Lipinski definition) is 2. The Kier molecular flexibility index (Phi) is 4.21. The van der Waals surface area contributed by atoms with E-state index in [9.17, 15) is 9.59 Å². The molecule has 1 fully saturated rings. The Morgan fingerprint density at radius 1 is 1.19 bits per heavy atom. The van der Waals surface area contributed by atoms with Gasteiger partial charge in [-0.15, -0.1) is 0 Å². The zero-order chi connectivity index (χ0) is 15.6. The highest BCUT2D eigenvalue weighted by Gasteiger charge is 2.39. The molecule has 0 bridgehead atoms. The molecule has 1 aromatic carbocycles. The van der Waals surface area contributed by atoms with Gasteiger partial charge in [-0.25, -0.2) is 0 Å². The van der Waals surface area contributed by atoms with Gasteiger partial charge in [0.2, 0.25) is 11.8 Å². The van der Waals surface area contributed by atoms with E-state index in [0.29, 0.717) is 18.7 Å². The van der Waals surface area contributed by atoms with Gasteiger partial charge in [0.1, 0.15) is 6.04 Å². The number of amides is 2. The van der Waals surface area contributed by atoms with Crippen molar-refractivity contribution in [2.45, 2.75) is 44.6 Å². The van der Waals surface area contributed by atoms with Crippen LogP contribution in [0.25, 0.3) is 0 Å². The number of hydrogen-bond acceptors (Lipinski definition) is 3. The van der Waals surface area contributed by atoms with Crippen LogP contribution in [-0.4, -0.2) is 29.3 Å². The molecule has 5 nitrogen and oxygen atoms in total. The number of nitrogens with zero attached hydrogens (tertiary/aromatic N) is 1. The number of nitrogens with two attached hydrogens (primary N) is 2. The molecular weight excluding hydrogens is 266 g/mol. The Hall–Kier alpha value is -2.04. The SMILES string of the molecule is CC(C)(C(=O)N1CCCCC1C(N)=O)c1ccc(N)cc1. The lowest BCUT2D eigenvalue weighted by molar-refractivity contribution is -0.145. The van der Waals surface area contributed by atoms with Crippen LogP contribution in [0.4, 0.5) is 5.69 Å². The van der Waals surface area contributed by atoms with Crippen LogP contribution in [0.1, 0.15) is 38.7 Å². The number of benzene rings is 1. The zero-order valence-electron chi connectivity index (χ0n) is 12.6. The van der Waals surface area contributed by atoms with E-state index in [1.807, 2.05) is 26.0 Å². The van der Waals surface area contributed by atoms with Crippen LogP contribution in [0.2, 0.25) is 0 Å². The molecule has 1 unspecified atom stereocenters. The summed E-state index contributed by atoms with van der Waals surface area (Å²) in [6.45, 7) is 4.33. The molecule has 1 aliphatic heterocycles. The van der Waals surface area contributed by atoms with Crippen LogP contribution in [-0.2, 0) is 15.0 Å². The van der Waals surface area contributed by atoms with Gasteiger partial charge in [-0.1, -0.05) is 12.1 Å². The minimum Gasteiger partial charge on any atom is -0.399 e. The van der Waals surface area contributed by atoms with Crippen LogP contribution >= 0.6 is 0 Å². The van der Waals surface area contributed by atoms with Gasteiger partial charge in [0.25, 0.3) is 0 Å². The first-order valence-corrected chi connectivity index (χ1v) is 7.30. The highest BCUT2D eigenvalue weighted by molar-refractivity contribution is 5.92.